The molecule has 1 saturated heterocycles. The molecule has 0 spiro atoms. The lowest BCUT2D eigenvalue weighted by Gasteiger charge is -2.26. The Morgan fingerprint density at radius 2 is 2.00 bits per heavy atom. The van der Waals surface area contributed by atoms with Crippen LogP contribution in [0.2, 0.25) is 0 Å². The third-order valence-electron chi connectivity index (χ3n) is 2.69. The van der Waals surface area contributed by atoms with Gasteiger partial charge in [0.2, 0.25) is 5.09 Å². The van der Waals surface area contributed by atoms with Crippen LogP contribution in [0.1, 0.15) is 0 Å². The number of sulfonamides is 1. The molecule has 0 saturated carbocycles. The maximum absolute atomic E-state index is 11.7. The van der Waals surface area contributed by atoms with Crippen LogP contribution in [0.25, 0.3) is 0 Å². The average Bonchev–Trinajstić information content (AvgIpc) is 2.84. The molecule has 1 aromatic heterocycles. The average molecular weight is 332 g/mol. The normalized spacial score (nSPS) is 16.4. The molecule has 2 heterocycles. The van der Waals surface area contributed by atoms with Crippen LogP contribution in [0.3, 0.4) is 0 Å². The number of halogens is 2. The Hall–Kier alpha value is -0.310. The van der Waals surface area contributed by atoms with Gasteiger partial charge in [0.05, 0.1) is 6.26 Å². The lowest BCUT2D eigenvalue weighted by atomic mass is 10.3. The highest BCUT2D eigenvalue weighted by molar-refractivity contribution is 7.89. The molecule has 9 heteroatoms. The molecule has 0 bridgehead atoms. The van der Waals surface area contributed by atoms with Gasteiger partial charge in [-0.2, -0.15) is 0 Å². The standard InChI is InChI=1S/C10H17N3O3S.2ClH/c14-17(15,10-2-1-9-16-10)12-5-8-13-6-3-11-4-7-13;;/h1-2,9,11-12H,3-8H2;2*1H. The highest BCUT2D eigenvalue weighted by atomic mass is 35.5. The van der Waals surface area contributed by atoms with Crippen LogP contribution in [-0.4, -0.2) is 52.6 Å². The van der Waals surface area contributed by atoms with Crippen molar-refractivity contribution in [3.8, 4) is 0 Å². The van der Waals surface area contributed by atoms with Crippen molar-refractivity contribution in [3.63, 3.8) is 0 Å². The number of hydrogen-bond acceptors (Lipinski definition) is 5. The highest BCUT2D eigenvalue weighted by Gasteiger charge is 2.17. The first kappa shape index (κ1) is 18.7. The quantitative estimate of drug-likeness (QED) is 0.812. The van der Waals surface area contributed by atoms with Gasteiger partial charge in [0, 0.05) is 39.3 Å². The van der Waals surface area contributed by atoms with E-state index in [1.165, 1.54) is 12.3 Å². The van der Waals surface area contributed by atoms with E-state index in [1.807, 2.05) is 0 Å². The Labute approximate surface area is 125 Å². The fourth-order valence-electron chi connectivity index (χ4n) is 1.76. The van der Waals surface area contributed by atoms with Crippen molar-refractivity contribution in [1.29, 1.82) is 0 Å². The van der Waals surface area contributed by atoms with Crippen molar-refractivity contribution >= 4 is 34.8 Å². The molecular formula is C10H19Cl2N3O3S. The molecule has 2 rings (SSSR count). The lowest BCUT2D eigenvalue weighted by Crippen LogP contribution is -2.46. The summed E-state index contributed by atoms with van der Waals surface area (Å²) in [7, 11) is -3.48. The van der Waals surface area contributed by atoms with E-state index in [2.05, 4.69) is 14.9 Å². The van der Waals surface area contributed by atoms with Gasteiger partial charge in [-0.05, 0) is 12.1 Å². The van der Waals surface area contributed by atoms with Crippen molar-refractivity contribution in [1.82, 2.24) is 14.9 Å². The molecule has 0 unspecified atom stereocenters. The fourth-order valence-corrected chi connectivity index (χ4v) is 2.70. The summed E-state index contributed by atoms with van der Waals surface area (Å²) in [5.74, 6) is 0. The van der Waals surface area contributed by atoms with Gasteiger partial charge < -0.3 is 9.73 Å². The SMILES string of the molecule is Cl.Cl.O=S(=O)(NCCN1CCNCC1)c1ccco1. The van der Waals surface area contributed by atoms with Crippen LogP contribution in [0, 0.1) is 0 Å². The molecule has 0 amide bonds. The minimum absolute atomic E-state index is 0. The van der Waals surface area contributed by atoms with Crippen LogP contribution in [-0.2, 0) is 10.0 Å². The first-order chi connectivity index (χ1) is 8.18. The predicted molar refractivity (Wildman–Crippen MR) is 77.7 cm³/mol. The summed E-state index contributed by atoms with van der Waals surface area (Å²) in [5.41, 5.74) is 0. The fraction of sp³-hybridized carbons (Fsp3) is 0.600. The molecule has 0 aliphatic carbocycles. The zero-order valence-electron chi connectivity index (χ0n) is 10.4. The first-order valence-corrected chi connectivity index (χ1v) is 7.13. The molecule has 0 aromatic carbocycles. The molecule has 6 nitrogen and oxygen atoms in total. The second kappa shape index (κ2) is 8.78. The monoisotopic (exact) mass is 331 g/mol. The van der Waals surface area contributed by atoms with E-state index in [0.717, 1.165) is 32.7 Å². The summed E-state index contributed by atoms with van der Waals surface area (Å²) in [6.07, 6.45) is 1.35. The molecule has 0 atom stereocenters. The van der Waals surface area contributed by atoms with E-state index < -0.39 is 10.0 Å². The van der Waals surface area contributed by atoms with E-state index in [9.17, 15) is 8.42 Å². The molecule has 0 radical (unpaired) electrons. The Morgan fingerprint density at radius 3 is 2.58 bits per heavy atom. The van der Waals surface area contributed by atoms with Gasteiger partial charge in [-0.15, -0.1) is 24.8 Å². The number of nitrogens with one attached hydrogen (secondary N) is 2. The molecule has 112 valence electrons. The van der Waals surface area contributed by atoms with E-state index in [4.69, 9.17) is 4.42 Å². The van der Waals surface area contributed by atoms with E-state index in [-0.39, 0.29) is 29.9 Å². The largest absolute Gasteiger partial charge is 0.452 e. The van der Waals surface area contributed by atoms with Crippen molar-refractivity contribution in [2.75, 3.05) is 39.3 Å². The second-order valence-corrected chi connectivity index (χ2v) is 5.62. The zero-order chi connectivity index (χ0) is 12.1. The molecule has 1 aliphatic rings. The summed E-state index contributed by atoms with van der Waals surface area (Å²) >= 11 is 0. The number of nitrogens with zero attached hydrogens (tertiary/aromatic N) is 1. The lowest BCUT2D eigenvalue weighted by molar-refractivity contribution is 0.245. The van der Waals surface area contributed by atoms with Crippen molar-refractivity contribution in [3.05, 3.63) is 18.4 Å². The van der Waals surface area contributed by atoms with Crippen LogP contribution < -0.4 is 10.0 Å². The third kappa shape index (κ3) is 5.68. The first-order valence-electron chi connectivity index (χ1n) is 5.65. The van der Waals surface area contributed by atoms with Crippen molar-refractivity contribution in [2.24, 2.45) is 0 Å². The second-order valence-electron chi connectivity index (χ2n) is 3.92. The van der Waals surface area contributed by atoms with E-state index in [1.54, 1.807) is 6.07 Å². The molecule has 1 aliphatic heterocycles. The van der Waals surface area contributed by atoms with E-state index >= 15 is 0 Å². The van der Waals surface area contributed by atoms with Crippen LogP contribution in [0.4, 0.5) is 0 Å². The summed E-state index contributed by atoms with van der Waals surface area (Å²) in [6, 6.07) is 3.00. The molecule has 1 fully saturated rings. The predicted octanol–water partition coefficient (Wildman–Crippen LogP) is 0.307. The van der Waals surface area contributed by atoms with Gasteiger partial charge in [0.1, 0.15) is 0 Å². The van der Waals surface area contributed by atoms with Crippen LogP contribution >= 0.6 is 24.8 Å². The third-order valence-corrected chi connectivity index (χ3v) is 4.04. The Morgan fingerprint density at radius 1 is 1.32 bits per heavy atom. The minimum atomic E-state index is -3.48. The van der Waals surface area contributed by atoms with Gasteiger partial charge in [-0.25, -0.2) is 13.1 Å². The topological polar surface area (TPSA) is 74.6 Å². The molecule has 2 N–H and O–H groups in total. The van der Waals surface area contributed by atoms with Gasteiger partial charge in [-0.3, -0.25) is 4.90 Å². The highest BCUT2D eigenvalue weighted by Crippen LogP contribution is 2.07. The summed E-state index contributed by atoms with van der Waals surface area (Å²) < 4.78 is 30.8. The van der Waals surface area contributed by atoms with Crippen molar-refractivity contribution in [2.45, 2.75) is 5.09 Å². The Bertz CT molecular complexity index is 433. The van der Waals surface area contributed by atoms with Crippen molar-refractivity contribution < 1.29 is 12.8 Å². The number of hydrogen-bond donors (Lipinski definition) is 2. The van der Waals surface area contributed by atoms with E-state index in [0.29, 0.717) is 6.54 Å². The maximum Gasteiger partial charge on any atom is 0.273 e. The zero-order valence-corrected chi connectivity index (χ0v) is 12.8. The van der Waals surface area contributed by atoms with Gasteiger partial charge in [0.25, 0.3) is 10.0 Å². The van der Waals surface area contributed by atoms with Gasteiger partial charge >= 0.3 is 0 Å². The summed E-state index contributed by atoms with van der Waals surface area (Å²) in [5, 5.41) is 3.22. The number of piperazine rings is 1. The summed E-state index contributed by atoms with van der Waals surface area (Å²) in [6.45, 7) is 4.98. The molecule has 19 heavy (non-hydrogen) atoms. The molecular weight excluding hydrogens is 313 g/mol. The van der Waals surface area contributed by atoms with Crippen LogP contribution in [0.5, 0.6) is 0 Å². The van der Waals surface area contributed by atoms with Crippen LogP contribution in [0.15, 0.2) is 27.9 Å². The number of furan rings is 1. The Kier molecular flexibility index (Phi) is 8.64. The van der Waals surface area contributed by atoms with Gasteiger partial charge in [-0.1, -0.05) is 0 Å². The Balaban J connectivity index is 0.00000162. The number of rotatable bonds is 5. The smallest absolute Gasteiger partial charge is 0.273 e. The van der Waals surface area contributed by atoms with Gasteiger partial charge in [0.15, 0.2) is 0 Å². The maximum atomic E-state index is 11.7. The minimum Gasteiger partial charge on any atom is -0.452 e. The molecule has 1 aromatic rings. The summed E-state index contributed by atoms with van der Waals surface area (Å²) in [4.78, 5) is 2.22.